The van der Waals surface area contributed by atoms with Crippen molar-refractivity contribution in [2.45, 2.75) is 54.0 Å². The molecule has 1 amide bonds. The number of nitrogen functional groups attached to an aromatic ring is 1. The second-order valence-electron chi connectivity index (χ2n) is 6.56. The molecule has 7 nitrogen and oxygen atoms in total. The Bertz CT molecular complexity index is 724. The molecule has 1 rings (SSSR count). The highest BCUT2D eigenvalue weighted by Crippen LogP contribution is 2.19. The molecule has 0 spiro atoms. The number of H-pyrrole nitrogens is 1. The fourth-order valence-electron chi connectivity index (χ4n) is 2.36. The van der Waals surface area contributed by atoms with Crippen LogP contribution in [0.3, 0.4) is 0 Å². The smallest absolute Gasteiger partial charge is 0.330 e. The minimum absolute atomic E-state index is 0.0315. The van der Waals surface area contributed by atoms with Crippen molar-refractivity contribution in [2.75, 3.05) is 17.2 Å². The van der Waals surface area contributed by atoms with Crippen molar-refractivity contribution in [1.82, 2.24) is 9.55 Å². The van der Waals surface area contributed by atoms with Crippen LogP contribution in [0.25, 0.3) is 0 Å². The molecule has 0 unspecified atom stereocenters. The third kappa shape index (κ3) is 4.84. The van der Waals surface area contributed by atoms with Crippen molar-refractivity contribution in [3.8, 4) is 0 Å². The fourth-order valence-corrected chi connectivity index (χ4v) is 2.36. The van der Waals surface area contributed by atoms with Gasteiger partial charge in [0.15, 0.2) is 5.69 Å². The molecule has 7 heteroatoms. The lowest BCUT2D eigenvalue weighted by Gasteiger charge is -2.24. The summed E-state index contributed by atoms with van der Waals surface area (Å²) < 4.78 is 1.32. The lowest BCUT2D eigenvalue weighted by Crippen LogP contribution is -2.41. The largest absolute Gasteiger partial charge is 0.383 e. The number of amides is 1. The maximum Gasteiger partial charge on any atom is 0.330 e. The van der Waals surface area contributed by atoms with E-state index in [0.717, 1.165) is 18.4 Å². The lowest BCUT2D eigenvalue weighted by atomic mass is 10.2. The SMILES string of the molecule is CCCCN(C(=O)C=C(C)C)c1c(N)n(CC(C)C)c(=O)[nH]c1=O. The Balaban J connectivity index is 3.51. The topological polar surface area (TPSA) is 101 Å². The molecule has 0 aliphatic carbocycles. The summed E-state index contributed by atoms with van der Waals surface area (Å²) >= 11 is 0. The Morgan fingerprint density at radius 3 is 2.46 bits per heavy atom. The Kier molecular flexibility index (Phi) is 7.00. The Labute approximate surface area is 142 Å². The molecule has 0 atom stereocenters. The van der Waals surface area contributed by atoms with Gasteiger partial charge < -0.3 is 10.6 Å². The summed E-state index contributed by atoms with van der Waals surface area (Å²) in [5.74, 6) is -0.110. The number of nitrogens with zero attached hydrogens (tertiary/aromatic N) is 2. The van der Waals surface area contributed by atoms with Crippen molar-refractivity contribution >= 4 is 17.4 Å². The van der Waals surface area contributed by atoms with E-state index in [9.17, 15) is 14.4 Å². The molecule has 0 aliphatic heterocycles. The van der Waals surface area contributed by atoms with Crippen LogP contribution in [0, 0.1) is 5.92 Å². The highest BCUT2D eigenvalue weighted by molar-refractivity contribution is 6.03. The molecule has 1 heterocycles. The van der Waals surface area contributed by atoms with E-state index in [-0.39, 0.29) is 23.3 Å². The summed E-state index contributed by atoms with van der Waals surface area (Å²) in [4.78, 5) is 40.5. The van der Waals surface area contributed by atoms with Gasteiger partial charge in [-0.05, 0) is 26.2 Å². The van der Waals surface area contributed by atoms with Gasteiger partial charge in [0.2, 0.25) is 0 Å². The summed E-state index contributed by atoms with van der Waals surface area (Å²) in [6.45, 7) is 10.2. The normalized spacial score (nSPS) is 10.8. The van der Waals surface area contributed by atoms with Gasteiger partial charge in [-0.25, -0.2) is 4.79 Å². The number of aromatic nitrogens is 2. The van der Waals surface area contributed by atoms with Crippen molar-refractivity contribution < 1.29 is 4.79 Å². The number of anilines is 2. The number of hydrogen-bond acceptors (Lipinski definition) is 4. The van der Waals surface area contributed by atoms with Gasteiger partial charge in [0, 0.05) is 19.2 Å². The van der Waals surface area contributed by atoms with Gasteiger partial charge in [-0.1, -0.05) is 32.8 Å². The average Bonchev–Trinajstić information content (AvgIpc) is 2.45. The molecule has 0 aromatic carbocycles. The maximum atomic E-state index is 12.5. The van der Waals surface area contributed by atoms with Crippen LogP contribution in [0.15, 0.2) is 21.2 Å². The predicted octanol–water partition coefficient (Wildman–Crippen LogP) is 1.87. The minimum atomic E-state index is -0.635. The van der Waals surface area contributed by atoms with Gasteiger partial charge >= 0.3 is 5.69 Å². The number of aromatic amines is 1. The fraction of sp³-hybridized carbons (Fsp3) is 0.588. The van der Waals surface area contributed by atoms with E-state index in [0.29, 0.717) is 13.1 Å². The van der Waals surface area contributed by atoms with Gasteiger partial charge in [-0.3, -0.25) is 19.1 Å². The number of rotatable bonds is 7. The summed E-state index contributed by atoms with van der Waals surface area (Å²) in [6.07, 6.45) is 3.05. The van der Waals surface area contributed by atoms with E-state index in [1.165, 1.54) is 15.5 Å². The van der Waals surface area contributed by atoms with E-state index in [4.69, 9.17) is 5.73 Å². The first kappa shape index (κ1) is 19.7. The Hall–Kier alpha value is -2.31. The molecule has 0 saturated heterocycles. The lowest BCUT2D eigenvalue weighted by molar-refractivity contribution is -0.114. The van der Waals surface area contributed by atoms with Crippen molar-refractivity contribution in [2.24, 2.45) is 5.92 Å². The number of carbonyl (C=O) groups excluding carboxylic acids is 1. The van der Waals surface area contributed by atoms with E-state index < -0.39 is 11.2 Å². The highest BCUT2D eigenvalue weighted by atomic mass is 16.2. The zero-order chi connectivity index (χ0) is 18.4. The van der Waals surface area contributed by atoms with E-state index in [1.807, 2.05) is 34.6 Å². The first-order valence-electron chi connectivity index (χ1n) is 8.28. The molecule has 24 heavy (non-hydrogen) atoms. The number of allylic oxidation sites excluding steroid dienone is 1. The third-order valence-corrected chi connectivity index (χ3v) is 3.45. The number of carbonyl (C=O) groups is 1. The first-order chi connectivity index (χ1) is 11.2. The standard InChI is InChI=1S/C17H28N4O3/c1-6-7-8-20(13(22)9-11(2)3)14-15(18)21(10-12(4)5)17(24)19-16(14)23/h9,12H,6-8,10,18H2,1-5H3,(H,19,23,24). The molecule has 134 valence electrons. The van der Waals surface area contributed by atoms with Crippen LogP contribution in [0.1, 0.15) is 47.5 Å². The van der Waals surface area contributed by atoms with Gasteiger partial charge in [0.25, 0.3) is 11.5 Å². The van der Waals surface area contributed by atoms with Crippen molar-refractivity contribution in [3.05, 3.63) is 32.5 Å². The second kappa shape index (κ2) is 8.52. The van der Waals surface area contributed by atoms with Crippen LogP contribution < -0.4 is 21.9 Å². The van der Waals surface area contributed by atoms with E-state index in [1.54, 1.807) is 0 Å². The minimum Gasteiger partial charge on any atom is -0.383 e. The third-order valence-electron chi connectivity index (χ3n) is 3.45. The summed E-state index contributed by atoms with van der Waals surface area (Å²) in [6, 6.07) is 0. The molecule has 0 aliphatic rings. The second-order valence-corrected chi connectivity index (χ2v) is 6.56. The van der Waals surface area contributed by atoms with Gasteiger partial charge in [-0.15, -0.1) is 0 Å². The first-order valence-corrected chi connectivity index (χ1v) is 8.28. The summed E-state index contributed by atoms with van der Waals surface area (Å²) in [5, 5.41) is 0. The zero-order valence-corrected chi connectivity index (χ0v) is 15.2. The van der Waals surface area contributed by atoms with E-state index >= 15 is 0 Å². The number of unbranched alkanes of at least 4 members (excludes halogenated alkanes) is 1. The number of nitrogens with one attached hydrogen (secondary N) is 1. The molecule has 3 N–H and O–H groups in total. The number of nitrogens with two attached hydrogens (primary N) is 1. The molecule has 0 radical (unpaired) electrons. The summed E-state index contributed by atoms with van der Waals surface area (Å²) in [7, 11) is 0. The monoisotopic (exact) mass is 336 g/mol. The summed E-state index contributed by atoms with van der Waals surface area (Å²) in [5.41, 5.74) is 5.79. The van der Waals surface area contributed by atoms with Crippen LogP contribution in [0.5, 0.6) is 0 Å². The molecule has 0 fully saturated rings. The molecular formula is C17H28N4O3. The molecule has 1 aromatic rings. The maximum absolute atomic E-state index is 12.5. The van der Waals surface area contributed by atoms with Crippen molar-refractivity contribution in [3.63, 3.8) is 0 Å². The van der Waals surface area contributed by atoms with Gasteiger partial charge in [0.1, 0.15) is 5.82 Å². The highest BCUT2D eigenvalue weighted by Gasteiger charge is 2.22. The molecule has 0 bridgehead atoms. The van der Waals surface area contributed by atoms with Crippen LogP contribution >= 0.6 is 0 Å². The van der Waals surface area contributed by atoms with E-state index in [2.05, 4.69) is 4.98 Å². The van der Waals surface area contributed by atoms with Crippen LogP contribution in [-0.4, -0.2) is 22.0 Å². The van der Waals surface area contributed by atoms with Gasteiger partial charge in [0.05, 0.1) is 0 Å². The molecule has 1 aromatic heterocycles. The van der Waals surface area contributed by atoms with Crippen LogP contribution in [0.2, 0.25) is 0 Å². The van der Waals surface area contributed by atoms with Crippen LogP contribution in [0.4, 0.5) is 11.5 Å². The predicted molar refractivity (Wildman–Crippen MR) is 97.3 cm³/mol. The quantitative estimate of drug-likeness (QED) is 0.742. The number of hydrogen-bond donors (Lipinski definition) is 2. The molecule has 0 saturated carbocycles. The van der Waals surface area contributed by atoms with Crippen LogP contribution in [-0.2, 0) is 11.3 Å². The Morgan fingerprint density at radius 1 is 1.33 bits per heavy atom. The Morgan fingerprint density at radius 2 is 1.96 bits per heavy atom. The molecular weight excluding hydrogens is 308 g/mol. The van der Waals surface area contributed by atoms with Gasteiger partial charge in [-0.2, -0.15) is 0 Å². The zero-order valence-electron chi connectivity index (χ0n) is 15.2. The average molecular weight is 336 g/mol. The van der Waals surface area contributed by atoms with Crippen molar-refractivity contribution in [1.29, 1.82) is 0 Å².